The van der Waals surface area contributed by atoms with Gasteiger partial charge in [0, 0.05) is 25.4 Å². The average Bonchev–Trinajstić information content (AvgIpc) is 2.79. The van der Waals surface area contributed by atoms with Crippen molar-refractivity contribution in [3.8, 4) is 0 Å². The summed E-state index contributed by atoms with van der Waals surface area (Å²) in [6.07, 6.45) is 2.82. The van der Waals surface area contributed by atoms with Crippen LogP contribution in [0.1, 0.15) is 25.3 Å². The molecule has 1 saturated heterocycles. The Balaban J connectivity index is 2.00. The Morgan fingerprint density at radius 2 is 2.12 bits per heavy atom. The number of anilines is 1. The van der Waals surface area contributed by atoms with E-state index >= 15 is 0 Å². The maximum absolute atomic E-state index is 5.70. The van der Waals surface area contributed by atoms with Gasteiger partial charge in [-0.15, -0.1) is 0 Å². The number of nitrogens with two attached hydrogens (primary N) is 1. The average molecular weight is 234 g/mol. The number of hydrogen-bond donors (Lipinski definition) is 1. The normalized spacial score (nSPS) is 22.8. The second kappa shape index (κ2) is 5.52. The van der Waals surface area contributed by atoms with Crippen LogP contribution in [0.3, 0.4) is 0 Å². The molecule has 0 aliphatic carbocycles. The number of ether oxygens (including phenoxy) is 1. The Hall–Kier alpha value is -1.06. The number of rotatable bonds is 4. The highest BCUT2D eigenvalue weighted by atomic mass is 16.5. The van der Waals surface area contributed by atoms with Crippen LogP contribution in [-0.4, -0.2) is 30.7 Å². The molecule has 1 fully saturated rings. The summed E-state index contributed by atoms with van der Waals surface area (Å²) in [6, 6.07) is 8.72. The van der Waals surface area contributed by atoms with Gasteiger partial charge >= 0.3 is 0 Å². The smallest absolute Gasteiger partial charge is 0.0698 e. The largest absolute Gasteiger partial charge is 0.399 e. The second-order valence-corrected chi connectivity index (χ2v) is 4.86. The molecule has 0 spiro atoms. The van der Waals surface area contributed by atoms with E-state index in [4.69, 9.17) is 10.5 Å². The standard InChI is InChI=1S/C14H22N2O/c1-11(17-2)14-4-3-9-16(14)10-12-5-7-13(15)8-6-12/h5-8,11,14H,3-4,9-10,15H2,1-2H3/t11-,14?/m0/s1. The Labute approximate surface area is 104 Å². The molecule has 1 aromatic rings. The first-order valence-electron chi connectivity index (χ1n) is 6.32. The maximum atomic E-state index is 5.70. The van der Waals surface area contributed by atoms with Crippen molar-refractivity contribution >= 4 is 5.69 Å². The molecule has 0 saturated carbocycles. The van der Waals surface area contributed by atoms with Gasteiger partial charge in [-0.05, 0) is 44.0 Å². The third-order valence-corrected chi connectivity index (χ3v) is 3.69. The van der Waals surface area contributed by atoms with E-state index in [2.05, 4.69) is 24.0 Å². The van der Waals surface area contributed by atoms with Gasteiger partial charge in [-0.2, -0.15) is 0 Å². The van der Waals surface area contributed by atoms with Crippen LogP contribution in [0, 0.1) is 0 Å². The summed E-state index contributed by atoms with van der Waals surface area (Å²) in [5.74, 6) is 0. The van der Waals surface area contributed by atoms with Crippen molar-refractivity contribution in [1.82, 2.24) is 4.90 Å². The summed E-state index contributed by atoms with van der Waals surface area (Å²) in [4.78, 5) is 2.51. The molecule has 1 aliphatic rings. The molecule has 1 heterocycles. The third-order valence-electron chi connectivity index (χ3n) is 3.69. The van der Waals surface area contributed by atoms with Gasteiger partial charge in [0.2, 0.25) is 0 Å². The van der Waals surface area contributed by atoms with Crippen LogP contribution in [0.5, 0.6) is 0 Å². The fraction of sp³-hybridized carbons (Fsp3) is 0.571. The molecular formula is C14H22N2O. The highest BCUT2D eigenvalue weighted by Crippen LogP contribution is 2.23. The van der Waals surface area contributed by atoms with Gasteiger partial charge in [-0.3, -0.25) is 4.90 Å². The molecular weight excluding hydrogens is 212 g/mol. The highest BCUT2D eigenvalue weighted by Gasteiger charge is 2.28. The quantitative estimate of drug-likeness (QED) is 0.812. The van der Waals surface area contributed by atoms with Gasteiger partial charge in [0.25, 0.3) is 0 Å². The molecule has 0 radical (unpaired) electrons. The molecule has 3 heteroatoms. The van der Waals surface area contributed by atoms with E-state index < -0.39 is 0 Å². The van der Waals surface area contributed by atoms with Gasteiger partial charge < -0.3 is 10.5 Å². The first-order valence-corrected chi connectivity index (χ1v) is 6.32. The summed E-state index contributed by atoms with van der Waals surface area (Å²) in [5, 5.41) is 0. The van der Waals surface area contributed by atoms with Crippen LogP contribution in [-0.2, 0) is 11.3 Å². The summed E-state index contributed by atoms with van der Waals surface area (Å²) >= 11 is 0. The zero-order chi connectivity index (χ0) is 12.3. The fourth-order valence-electron chi connectivity index (χ4n) is 2.59. The van der Waals surface area contributed by atoms with E-state index in [0.717, 1.165) is 12.2 Å². The van der Waals surface area contributed by atoms with Gasteiger partial charge in [0.1, 0.15) is 0 Å². The van der Waals surface area contributed by atoms with Gasteiger partial charge in [0.15, 0.2) is 0 Å². The Morgan fingerprint density at radius 1 is 1.41 bits per heavy atom. The number of likely N-dealkylation sites (tertiary alicyclic amines) is 1. The van der Waals surface area contributed by atoms with Crippen molar-refractivity contribution in [1.29, 1.82) is 0 Å². The Kier molecular flexibility index (Phi) is 4.02. The molecule has 1 aliphatic heterocycles. The topological polar surface area (TPSA) is 38.5 Å². The maximum Gasteiger partial charge on any atom is 0.0698 e. The minimum absolute atomic E-state index is 0.311. The lowest BCUT2D eigenvalue weighted by molar-refractivity contribution is 0.0411. The summed E-state index contributed by atoms with van der Waals surface area (Å²) in [5.41, 5.74) is 7.86. The van der Waals surface area contributed by atoms with E-state index in [0.29, 0.717) is 12.1 Å². The molecule has 2 rings (SSSR count). The molecule has 0 amide bonds. The zero-order valence-electron chi connectivity index (χ0n) is 10.7. The van der Waals surface area contributed by atoms with Gasteiger partial charge in [-0.1, -0.05) is 12.1 Å². The van der Waals surface area contributed by atoms with Crippen LogP contribution in [0.4, 0.5) is 5.69 Å². The minimum atomic E-state index is 0.311. The van der Waals surface area contributed by atoms with Crippen molar-refractivity contribution < 1.29 is 4.74 Å². The SMILES string of the molecule is CO[C@@H](C)C1CCCN1Cc1ccc(N)cc1. The third kappa shape index (κ3) is 2.99. The van der Waals surface area contributed by atoms with Crippen molar-refractivity contribution in [3.05, 3.63) is 29.8 Å². The van der Waals surface area contributed by atoms with Crippen LogP contribution >= 0.6 is 0 Å². The van der Waals surface area contributed by atoms with Gasteiger partial charge in [0.05, 0.1) is 6.10 Å². The second-order valence-electron chi connectivity index (χ2n) is 4.86. The molecule has 1 aromatic carbocycles. The van der Waals surface area contributed by atoms with Crippen LogP contribution in [0.25, 0.3) is 0 Å². The number of nitrogens with zero attached hydrogens (tertiary/aromatic N) is 1. The predicted molar refractivity (Wildman–Crippen MR) is 70.8 cm³/mol. The van der Waals surface area contributed by atoms with E-state index in [-0.39, 0.29) is 0 Å². The van der Waals surface area contributed by atoms with Crippen LogP contribution < -0.4 is 5.73 Å². The lowest BCUT2D eigenvalue weighted by Crippen LogP contribution is -2.37. The molecule has 17 heavy (non-hydrogen) atoms. The zero-order valence-corrected chi connectivity index (χ0v) is 10.7. The summed E-state index contributed by atoms with van der Waals surface area (Å²) in [7, 11) is 1.80. The Morgan fingerprint density at radius 3 is 2.76 bits per heavy atom. The minimum Gasteiger partial charge on any atom is -0.399 e. The molecule has 0 aromatic heterocycles. The van der Waals surface area contributed by atoms with E-state index in [9.17, 15) is 0 Å². The van der Waals surface area contributed by atoms with Crippen molar-refractivity contribution in [3.63, 3.8) is 0 Å². The van der Waals surface area contributed by atoms with E-state index in [1.165, 1.54) is 24.9 Å². The van der Waals surface area contributed by atoms with Gasteiger partial charge in [-0.25, -0.2) is 0 Å². The number of nitrogen functional groups attached to an aromatic ring is 1. The molecule has 3 nitrogen and oxygen atoms in total. The number of methoxy groups -OCH3 is 1. The molecule has 2 atom stereocenters. The summed E-state index contributed by atoms with van der Waals surface area (Å²) in [6.45, 7) is 4.33. The molecule has 1 unspecified atom stereocenters. The van der Waals surface area contributed by atoms with Crippen LogP contribution in [0.2, 0.25) is 0 Å². The molecule has 0 bridgehead atoms. The van der Waals surface area contributed by atoms with Crippen molar-refractivity contribution in [2.24, 2.45) is 0 Å². The highest BCUT2D eigenvalue weighted by molar-refractivity contribution is 5.39. The number of benzene rings is 1. The van der Waals surface area contributed by atoms with E-state index in [1.807, 2.05) is 12.1 Å². The van der Waals surface area contributed by atoms with Crippen molar-refractivity contribution in [2.45, 2.75) is 38.5 Å². The molecule has 94 valence electrons. The first kappa shape index (κ1) is 12.4. The molecule has 2 N–H and O–H groups in total. The fourth-order valence-corrected chi connectivity index (χ4v) is 2.59. The van der Waals surface area contributed by atoms with E-state index in [1.54, 1.807) is 7.11 Å². The monoisotopic (exact) mass is 234 g/mol. The van der Waals surface area contributed by atoms with Crippen molar-refractivity contribution in [2.75, 3.05) is 19.4 Å². The lowest BCUT2D eigenvalue weighted by Gasteiger charge is -2.28. The Bertz CT molecular complexity index is 350. The first-order chi connectivity index (χ1) is 8.20. The lowest BCUT2D eigenvalue weighted by atomic mass is 10.1. The van der Waals surface area contributed by atoms with Crippen LogP contribution in [0.15, 0.2) is 24.3 Å². The summed E-state index contributed by atoms with van der Waals surface area (Å²) < 4.78 is 5.46. The predicted octanol–water partition coefficient (Wildman–Crippen LogP) is 2.27. The number of hydrogen-bond acceptors (Lipinski definition) is 3.